The molecular weight excluding hydrogens is 140 g/mol. The van der Waals surface area contributed by atoms with E-state index in [9.17, 15) is 0 Å². The van der Waals surface area contributed by atoms with Gasteiger partial charge in [0, 0.05) is 0 Å². The van der Waals surface area contributed by atoms with Crippen LogP contribution in [0, 0.1) is 0 Å². The van der Waals surface area contributed by atoms with Gasteiger partial charge in [0.25, 0.3) is 0 Å². The average molecular weight is 156 g/mol. The van der Waals surface area contributed by atoms with Gasteiger partial charge in [-0.15, -0.1) is 0 Å². The number of rotatable bonds is 3. The Morgan fingerprint density at radius 2 is 1.60 bits per heavy atom. The zero-order valence-electron chi connectivity index (χ0n) is 7.32. The molecule has 0 fully saturated rings. The summed E-state index contributed by atoms with van der Waals surface area (Å²) in [5.41, 5.74) is 0.919. The SMILES string of the molecule is C=C(C)C(=C)O[Si](C)(C)C. The van der Waals surface area contributed by atoms with Crippen LogP contribution in [0.5, 0.6) is 0 Å². The zero-order chi connectivity index (χ0) is 8.36. The van der Waals surface area contributed by atoms with E-state index in [1.54, 1.807) is 0 Å². The van der Waals surface area contributed by atoms with Gasteiger partial charge in [-0.2, -0.15) is 0 Å². The molecule has 1 nitrogen and oxygen atoms in total. The summed E-state index contributed by atoms with van der Waals surface area (Å²) in [4.78, 5) is 0. The maximum atomic E-state index is 5.54. The highest BCUT2D eigenvalue weighted by Gasteiger charge is 2.16. The summed E-state index contributed by atoms with van der Waals surface area (Å²) in [6.45, 7) is 15.8. The van der Waals surface area contributed by atoms with Crippen molar-refractivity contribution >= 4 is 8.32 Å². The Morgan fingerprint density at radius 3 is 1.70 bits per heavy atom. The lowest BCUT2D eigenvalue weighted by molar-refractivity contribution is 0.436. The maximum Gasteiger partial charge on any atom is 0.242 e. The first-order valence-corrected chi connectivity index (χ1v) is 6.77. The molecule has 0 rings (SSSR count). The van der Waals surface area contributed by atoms with Crippen molar-refractivity contribution in [3.63, 3.8) is 0 Å². The van der Waals surface area contributed by atoms with Gasteiger partial charge >= 0.3 is 0 Å². The molecular formula is C8H16OSi. The lowest BCUT2D eigenvalue weighted by Crippen LogP contribution is -2.24. The molecule has 58 valence electrons. The van der Waals surface area contributed by atoms with E-state index in [-0.39, 0.29) is 0 Å². The van der Waals surface area contributed by atoms with Gasteiger partial charge in [-0.25, -0.2) is 0 Å². The first kappa shape index (κ1) is 9.50. The van der Waals surface area contributed by atoms with E-state index in [0.29, 0.717) is 0 Å². The van der Waals surface area contributed by atoms with E-state index >= 15 is 0 Å². The topological polar surface area (TPSA) is 9.23 Å². The molecule has 0 aliphatic heterocycles. The zero-order valence-corrected chi connectivity index (χ0v) is 8.32. The van der Waals surface area contributed by atoms with E-state index < -0.39 is 8.32 Å². The molecule has 0 heterocycles. The maximum absolute atomic E-state index is 5.54. The summed E-state index contributed by atoms with van der Waals surface area (Å²) < 4.78 is 5.54. The second kappa shape index (κ2) is 3.06. The molecule has 0 aliphatic carbocycles. The molecule has 0 spiro atoms. The van der Waals surface area contributed by atoms with E-state index in [2.05, 4.69) is 32.8 Å². The predicted octanol–water partition coefficient (Wildman–Crippen LogP) is 2.93. The molecule has 2 heteroatoms. The van der Waals surface area contributed by atoms with Gasteiger partial charge in [0.2, 0.25) is 8.32 Å². The number of allylic oxidation sites excluding steroid dienone is 1. The van der Waals surface area contributed by atoms with E-state index in [4.69, 9.17) is 4.43 Å². The van der Waals surface area contributed by atoms with Crippen LogP contribution in [0.2, 0.25) is 19.6 Å². The van der Waals surface area contributed by atoms with Gasteiger partial charge in [0.1, 0.15) is 0 Å². The molecule has 0 aromatic heterocycles. The predicted molar refractivity (Wildman–Crippen MR) is 48.4 cm³/mol. The third-order valence-corrected chi connectivity index (χ3v) is 1.76. The summed E-state index contributed by atoms with van der Waals surface area (Å²) in [6.07, 6.45) is 0. The van der Waals surface area contributed by atoms with Gasteiger partial charge < -0.3 is 4.43 Å². The fraction of sp³-hybridized carbons (Fsp3) is 0.500. The molecule has 0 atom stereocenters. The molecule has 0 bridgehead atoms. The van der Waals surface area contributed by atoms with Gasteiger partial charge in [0.15, 0.2) is 0 Å². The fourth-order valence-corrected chi connectivity index (χ4v) is 1.37. The standard InChI is InChI=1S/C8H16OSi/c1-7(2)8(3)9-10(4,5)6/h1,3H2,2,4-6H3. The molecule has 0 amide bonds. The van der Waals surface area contributed by atoms with Crippen molar-refractivity contribution in [3.05, 3.63) is 24.5 Å². The van der Waals surface area contributed by atoms with Crippen molar-refractivity contribution in [2.24, 2.45) is 0 Å². The normalized spacial score (nSPS) is 10.8. The van der Waals surface area contributed by atoms with Crippen LogP contribution in [0.3, 0.4) is 0 Å². The Kier molecular flexibility index (Phi) is 2.90. The molecule has 0 aromatic rings. The monoisotopic (exact) mass is 156 g/mol. The van der Waals surface area contributed by atoms with Crippen molar-refractivity contribution in [2.45, 2.75) is 26.6 Å². The smallest absolute Gasteiger partial charge is 0.242 e. The summed E-state index contributed by atoms with van der Waals surface area (Å²) in [7, 11) is -1.44. The second-order valence-corrected chi connectivity index (χ2v) is 7.85. The van der Waals surface area contributed by atoms with Crippen molar-refractivity contribution in [1.29, 1.82) is 0 Å². The Labute approximate surface area is 64.5 Å². The molecule has 0 saturated heterocycles. The molecule has 0 radical (unpaired) electrons. The minimum Gasteiger partial charge on any atom is -0.545 e. The molecule has 0 aliphatic rings. The van der Waals surface area contributed by atoms with Crippen molar-refractivity contribution in [3.8, 4) is 0 Å². The highest BCUT2D eigenvalue weighted by molar-refractivity contribution is 6.70. The van der Waals surface area contributed by atoms with Gasteiger partial charge in [0.05, 0.1) is 5.76 Å². The van der Waals surface area contributed by atoms with Crippen molar-refractivity contribution < 1.29 is 4.43 Å². The average Bonchev–Trinajstić information content (AvgIpc) is 1.60. The van der Waals surface area contributed by atoms with Crippen LogP contribution in [0.4, 0.5) is 0 Å². The van der Waals surface area contributed by atoms with Crippen LogP contribution in [-0.2, 0) is 4.43 Å². The van der Waals surface area contributed by atoms with E-state index in [1.807, 2.05) is 6.92 Å². The van der Waals surface area contributed by atoms with Gasteiger partial charge in [-0.1, -0.05) is 13.2 Å². The van der Waals surface area contributed by atoms with Crippen molar-refractivity contribution in [2.75, 3.05) is 0 Å². The third-order valence-electron chi connectivity index (χ3n) is 0.905. The summed E-state index contributed by atoms with van der Waals surface area (Å²) >= 11 is 0. The molecule has 0 aromatic carbocycles. The van der Waals surface area contributed by atoms with Gasteiger partial charge in [-0.3, -0.25) is 0 Å². The largest absolute Gasteiger partial charge is 0.545 e. The van der Waals surface area contributed by atoms with Crippen molar-refractivity contribution in [1.82, 2.24) is 0 Å². The summed E-state index contributed by atoms with van der Waals surface area (Å²) in [6, 6.07) is 0. The highest BCUT2D eigenvalue weighted by Crippen LogP contribution is 2.13. The highest BCUT2D eigenvalue weighted by atomic mass is 28.4. The molecule has 10 heavy (non-hydrogen) atoms. The quantitative estimate of drug-likeness (QED) is 0.347. The number of hydrogen-bond acceptors (Lipinski definition) is 1. The Bertz CT molecular complexity index is 153. The Morgan fingerprint density at radius 1 is 1.20 bits per heavy atom. The molecule has 0 saturated carbocycles. The molecule has 0 unspecified atom stereocenters. The fourth-order valence-electron chi connectivity index (χ4n) is 0.457. The van der Waals surface area contributed by atoms with Crippen LogP contribution >= 0.6 is 0 Å². The second-order valence-electron chi connectivity index (χ2n) is 3.42. The molecule has 0 N–H and O–H groups in total. The Balaban J connectivity index is 3.93. The minimum absolute atomic E-state index is 0.735. The van der Waals surface area contributed by atoms with Crippen LogP contribution in [0.1, 0.15) is 6.92 Å². The first-order chi connectivity index (χ1) is 4.33. The summed E-state index contributed by atoms with van der Waals surface area (Å²) in [5.74, 6) is 0.735. The first-order valence-electron chi connectivity index (χ1n) is 3.37. The minimum atomic E-state index is -1.44. The lowest BCUT2D eigenvalue weighted by Gasteiger charge is -2.20. The van der Waals surface area contributed by atoms with E-state index in [1.165, 1.54) is 0 Å². The summed E-state index contributed by atoms with van der Waals surface area (Å²) in [5, 5.41) is 0. The Hall–Kier alpha value is -0.503. The third kappa shape index (κ3) is 4.38. The van der Waals surface area contributed by atoms with Crippen LogP contribution in [0.15, 0.2) is 24.5 Å². The van der Waals surface area contributed by atoms with Crippen LogP contribution in [0.25, 0.3) is 0 Å². The number of hydrogen-bond donors (Lipinski definition) is 0. The van der Waals surface area contributed by atoms with Crippen LogP contribution in [-0.4, -0.2) is 8.32 Å². The van der Waals surface area contributed by atoms with Gasteiger partial charge in [-0.05, 0) is 32.1 Å². The van der Waals surface area contributed by atoms with Crippen LogP contribution < -0.4 is 0 Å². The van der Waals surface area contributed by atoms with E-state index in [0.717, 1.165) is 11.3 Å². The lowest BCUT2D eigenvalue weighted by atomic mass is 10.3.